The molecule has 0 spiro atoms. The molecule has 0 heterocycles. The van der Waals surface area contributed by atoms with E-state index in [1.54, 1.807) is 21.0 Å². The fraction of sp³-hybridized carbons (Fsp3) is 0.440. The second-order valence-electron chi connectivity index (χ2n) is 8.09. The number of ether oxygens (including phenoxy) is 3. The molecule has 2 aromatic rings. The summed E-state index contributed by atoms with van der Waals surface area (Å²) in [6.45, 7) is 8.19. The van der Waals surface area contributed by atoms with Gasteiger partial charge in [0, 0.05) is 7.11 Å². The summed E-state index contributed by atoms with van der Waals surface area (Å²) in [6, 6.07) is 16.1. The molecule has 0 aliphatic rings. The molecule has 0 bridgehead atoms. The van der Waals surface area contributed by atoms with Gasteiger partial charge in [-0.05, 0) is 43.0 Å². The van der Waals surface area contributed by atoms with Crippen molar-refractivity contribution in [2.24, 2.45) is 5.92 Å². The number of methoxy groups -OCH3 is 1. The van der Waals surface area contributed by atoms with E-state index >= 15 is 0 Å². The molecule has 0 aromatic heterocycles. The van der Waals surface area contributed by atoms with Crippen LogP contribution in [0, 0.1) is 5.92 Å². The maximum atomic E-state index is 13.2. The van der Waals surface area contributed by atoms with Crippen LogP contribution in [0.25, 0.3) is 0 Å². The van der Waals surface area contributed by atoms with Crippen molar-refractivity contribution in [2.75, 3.05) is 20.3 Å². The Morgan fingerprint density at radius 3 is 2.19 bits per heavy atom. The molecular weight excluding hydrogens is 408 g/mol. The smallest absolute Gasteiger partial charge is 0.408 e. The Morgan fingerprint density at radius 1 is 0.875 bits per heavy atom. The Bertz CT molecular complexity index is 854. The van der Waals surface area contributed by atoms with Crippen LogP contribution in [0.15, 0.2) is 54.6 Å². The molecule has 0 saturated heterocycles. The molecule has 7 heteroatoms. The van der Waals surface area contributed by atoms with Gasteiger partial charge in [0.2, 0.25) is 5.91 Å². The summed E-state index contributed by atoms with van der Waals surface area (Å²) in [4.78, 5) is 25.4. The van der Waals surface area contributed by atoms with E-state index in [2.05, 4.69) is 10.6 Å². The van der Waals surface area contributed by atoms with Gasteiger partial charge in [-0.15, -0.1) is 0 Å². The topological polar surface area (TPSA) is 85.9 Å². The average Bonchev–Trinajstić information content (AvgIpc) is 2.76. The number of rotatable bonds is 11. The summed E-state index contributed by atoms with van der Waals surface area (Å²) < 4.78 is 15.9. The van der Waals surface area contributed by atoms with E-state index in [9.17, 15) is 9.59 Å². The van der Waals surface area contributed by atoms with E-state index in [1.807, 2.05) is 68.4 Å². The van der Waals surface area contributed by atoms with Crippen molar-refractivity contribution in [3.63, 3.8) is 0 Å². The van der Waals surface area contributed by atoms with Gasteiger partial charge in [0.25, 0.3) is 0 Å². The molecule has 0 aliphatic carbocycles. The quantitative estimate of drug-likeness (QED) is 0.512. The van der Waals surface area contributed by atoms with Gasteiger partial charge in [-0.2, -0.15) is 0 Å². The fourth-order valence-electron chi connectivity index (χ4n) is 3.17. The molecule has 2 atom stereocenters. The van der Waals surface area contributed by atoms with E-state index in [4.69, 9.17) is 14.2 Å². The van der Waals surface area contributed by atoms with Gasteiger partial charge in [0.1, 0.15) is 18.4 Å². The van der Waals surface area contributed by atoms with Crippen LogP contribution < -0.4 is 15.4 Å². The maximum absolute atomic E-state index is 13.2. The number of hydrogen-bond donors (Lipinski definition) is 2. The van der Waals surface area contributed by atoms with E-state index < -0.39 is 18.2 Å². The highest BCUT2D eigenvalue weighted by Gasteiger charge is 2.28. The number of carbonyl (C=O) groups is 2. The highest BCUT2D eigenvalue weighted by Crippen LogP contribution is 2.26. The van der Waals surface area contributed by atoms with Gasteiger partial charge < -0.3 is 24.8 Å². The van der Waals surface area contributed by atoms with Gasteiger partial charge >= 0.3 is 6.09 Å². The van der Waals surface area contributed by atoms with Crippen LogP contribution in [0.3, 0.4) is 0 Å². The zero-order valence-electron chi connectivity index (χ0n) is 19.5. The standard InChI is InChI=1S/C25H34N2O5/c1-17(2)22(27-25(29)32-18(3)4)24(28)26-23(19-10-7-6-8-11-19)20-12-9-13-21(16-20)31-15-14-30-5/h6-13,16-18,22-23H,14-15H2,1-5H3,(H,26,28)(H,27,29)/t22-,23?/m0/s1. The Balaban J connectivity index is 2.27. The third-order valence-corrected chi connectivity index (χ3v) is 4.73. The predicted molar refractivity (Wildman–Crippen MR) is 124 cm³/mol. The first-order valence-corrected chi connectivity index (χ1v) is 10.9. The molecule has 0 saturated carbocycles. The summed E-state index contributed by atoms with van der Waals surface area (Å²) in [7, 11) is 1.62. The van der Waals surface area contributed by atoms with Crippen molar-refractivity contribution in [2.45, 2.75) is 45.9 Å². The minimum absolute atomic E-state index is 0.130. The SMILES string of the molecule is COCCOc1cccc(C(NC(=O)[C@@H](NC(=O)OC(C)C)C(C)C)c2ccccc2)c1. The minimum atomic E-state index is -0.742. The minimum Gasteiger partial charge on any atom is -0.491 e. The Kier molecular flexibility index (Phi) is 10.0. The van der Waals surface area contributed by atoms with Crippen molar-refractivity contribution in [1.29, 1.82) is 0 Å². The van der Waals surface area contributed by atoms with Gasteiger partial charge in [0.15, 0.2) is 0 Å². The van der Waals surface area contributed by atoms with Crippen LogP contribution in [0.4, 0.5) is 4.79 Å². The number of carbonyl (C=O) groups excluding carboxylic acids is 2. The highest BCUT2D eigenvalue weighted by atomic mass is 16.6. The van der Waals surface area contributed by atoms with Crippen LogP contribution in [0.5, 0.6) is 5.75 Å². The lowest BCUT2D eigenvalue weighted by molar-refractivity contribution is -0.124. The summed E-state index contributed by atoms with van der Waals surface area (Å²) >= 11 is 0. The second-order valence-corrected chi connectivity index (χ2v) is 8.09. The second kappa shape index (κ2) is 12.7. The van der Waals surface area contributed by atoms with E-state index in [0.29, 0.717) is 19.0 Å². The summed E-state index contributed by atoms with van der Waals surface area (Å²) in [5.74, 6) is 0.267. The fourth-order valence-corrected chi connectivity index (χ4v) is 3.17. The van der Waals surface area contributed by atoms with Crippen LogP contribution in [-0.4, -0.2) is 44.5 Å². The van der Waals surface area contributed by atoms with Crippen molar-refractivity contribution in [3.05, 3.63) is 65.7 Å². The first-order chi connectivity index (χ1) is 15.3. The number of hydrogen-bond acceptors (Lipinski definition) is 5. The summed E-state index contributed by atoms with van der Waals surface area (Å²) in [6.07, 6.45) is -0.887. The lowest BCUT2D eigenvalue weighted by Crippen LogP contribution is -2.51. The first kappa shape index (κ1) is 25.2. The van der Waals surface area contributed by atoms with Gasteiger partial charge in [-0.3, -0.25) is 4.79 Å². The van der Waals surface area contributed by atoms with E-state index in [-0.39, 0.29) is 17.9 Å². The third-order valence-electron chi connectivity index (χ3n) is 4.73. The van der Waals surface area contributed by atoms with Crippen molar-refractivity contribution < 1.29 is 23.8 Å². The molecule has 2 amide bonds. The third kappa shape index (κ3) is 7.89. The number of nitrogens with one attached hydrogen (secondary N) is 2. The lowest BCUT2D eigenvalue weighted by Gasteiger charge is -2.26. The molecule has 7 nitrogen and oxygen atoms in total. The Hall–Kier alpha value is -3.06. The molecule has 2 aromatic carbocycles. The van der Waals surface area contributed by atoms with Crippen LogP contribution in [0.2, 0.25) is 0 Å². The molecule has 1 unspecified atom stereocenters. The van der Waals surface area contributed by atoms with Gasteiger partial charge in [0.05, 0.1) is 18.8 Å². The predicted octanol–water partition coefficient (Wildman–Crippen LogP) is 4.08. The Labute approximate surface area is 190 Å². The maximum Gasteiger partial charge on any atom is 0.408 e. The van der Waals surface area contributed by atoms with Crippen LogP contribution in [0.1, 0.15) is 44.9 Å². The van der Waals surface area contributed by atoms with E-state index in [0.717, 1.165) is 11.1 Å². The summed E-state index contributed by atoms with van der Waals surface area (Å²) in [5.41, 5.74) is 1.79. The zero-order valence-corrected chi connectivity index (χ0v) is 19.5. The summed E-state index contributed by atoms with van der Waals surface area (Å²) in [5, 5.41) is 5.78. The molecule has 32 heavy (non-hydrogen) atoms. The zero-order chi connectivity index (χ0) is 23.5. The van der Waals surface area contributed by atoms with Crippen molar-refractivity contribution in [1.82, 2.24) is 10.6 Å². The molecule has 174 valence electrons. The molecule has 2 N–H and O–H groups in total. The molecule has 0 aliphatic heterocycles. The van der Waals surface area contributed by atoms with E-state index in [1.165, 1.54) is 0 Å². The first-order valence-electron chi connectivity index (χ1n) is 10.9. The van der Waals surface area contributed by atoms with Gasteiger partial charge in [-0.1, -0.05) is 56.3 Å². The number of benzene rings is 2. The largest absolute Gasteiger partial charge is 0.491 e. The molecular formula is C25H34N2O5. The molecule has 0 radical (unpaired) electrons. The van der Waals surface area contributed by atoms with Crippen molar-refractivity contribution in [3.8, 4) is 5.75 Å². The Morgan fingerprint density at radius 2 is 1.56 bits per heavy atom. The average molecular weight is 443 g/mol. The highest BCUT2D eigenvalue weighted by molar-refractivity contribution is 5.86. The lowest BCUT2D eigenvalue weighted by atomic mass is 9.96. The van der Waals surface area contributed by atoms with Crippen molar-refractivity contribution >= 4 is 12.0 Å². The number of alkyl carbamates (subject to hydrolysis) is 1. The monoisotopic (exact) mass is 442 g/mol. The van der Waals surface area contributed by atoms with Gasteiger partial charge in [-0.25, -0.2) is 4.79 Å². The van der Waals surface area contributed by atoms with Crippen LogP contribution >= 0.6 is 0 Å². The molecule has 0 fully saturated rings. The van der Waals surface area contributed by atoms with Crippen LogP contribution in [-0.2, 0) is 14.3 Å². The normalized spacial score (nSPS) is 12.8. The number of amides is 2. The molecule has 2 rings (SSSR count).